The molecule has 0 aliphatic carbocycles. The third kappa shape index (κ3) is 3.12. The average molecular weight is 389 g/mol. The number of amides is 1. The molecule has 7 heteroatoms. The third-order valence-electron chi connectivity index (χ3n) is 5.68. The molecule has 2 N–H and O–H groups in total. The van der Waals surface area contributed by atoms with Crippen molar-refractivity contribution in [2.24, 2.45) is 13.0 Å². The zero-order valence-corrected chi connectivity index (χ0v) is 16.7. The number of fused-ring (bicyclic) bond motifs is 2. The van der Waals surface area contributed by atoms with Crippen LogP contribution in [0.15, 0.2) is 36.5 Å². The molecule has 2 aromatic carbocycles. The number of carbonyl (C=O) groups is 1. The Kier molecular flexibility index (Phi) is 4.04. The van der Waals surface area contributed by atoms with E-state index in [4.69, 9.17) is 4.74 Å². The van der Waals surface area contributed by atoms with Crippen molar-refractivity contribution in [2.45, 2.75) is 26.4 Å². The second-order valence-corrected chi connectivity index (χ2v) is 7.92. The first-order valence-corrected chi connectivity index (χ1v) is 9.84. The summed E-state index contributed by atoms with van der Waals surface area (Å²) in [6.07, 6.45) is 2.37. The summed E-state index contributed by atoms with van der Waals surface area (Å²) in [5.74, 6) is 1.01. The van der Waals surface area contributed by atoms with Crippen molar-refractivity contribution >= 4 is 27.7 Å². The average Bonchev–Trinajstić information content (AvgIpc) is 3.38. The SMILES string of the molecule is Cc1ccc2[nH]nc(-c3cc(OC(C)C4CNC(=O)C4)c4cn(C)nc4c3)c2c1. The van der Waals surface area contributed by atoms with Crippen LogP contribution >= 0.6 is 0 Å². The second kappa shape index (κ2) is 6.62. The fourth-order valence-corrected chi connectivity index (χ4v) is 4.05. The topological polar surface area (TPSA) is 84.8 Å². The van der Waals surface area contributed by atoms with Gasteiger partial charge in [-0.3, -0.25) is 14.6 Å². The van der Waals surface area contributed by atoms with E-state index >= 15 is 0 Å². The molecule has 2 unspecified atom stereocenters. The summed E-state index contributed by atoms with van der Waals surface area (Å²) >= 11 is 0. The third-order valence-corrected chi connectivity index (χ3v) is 5.68. The molecule has 5 rings (SSSR count). The Morgan fingerprint density at radius 3 is 2.90 bits per heavy atom. The Morgan fingerprint density at radius 2 is 2.10 bits per heavy atom. The molecule has 3 heterocycles. The summed E-state index contributed by atoms with van der Waals surface area (Å²) in [5.41, 5.74) is 4.87. The number of aromatic nitrogens is 4. The monoisotopic (exact) mass is 389 g/mol. The van der Waals surface area contributed by atoms with Crippen molar-refractivity contribution in [3.05, 3.63) is 42.1 Å². The normalized spacial score (nSPS) is 17.8. The van der Waals surface area contributed by atoms with Crippen LogP contribution in [0.2, 0.25) is 0 Å². The molecule has 1 aliphatic rings. The molecule has 1 aliphatic heterocycles. The highest BCUT2D eigenvalue weighted by atomic mass is 16.5. The van der Waals surface area contributed by atoms with Crippen molar-refractivity contribution in [3.8, 4) is 17.0 Å². The van der Waals surface area contributed by atoms with Gasteiger partial charge in [-0.15, -0.1) is 0 Å². The predicted molar refractivity (Wildman–Crippen MR) is 112 cm³/mol. The maximum absolute atomic E-state index is 11.6. The summed E-state index contributed by atoms with van der Waals surface area (Å²) in [6.45, 7) is 4.75. The first-order valence-electron chi connectivity index (χ1n) is 9.84. The van der Waals surface area contributed by atoms with Gasteiger partial charge in [0.25, 0.3) is 0 Å². The fraction of sp³-hybridized carbons (Fsp3) is 0.318. The number of nitrogens with zero attached hydrogens (tertiary/aromatic N) is 3. The van der Waals surface area contributed by atoms with Gasteiger partial charge in [0.1, 0.15) is 17.5 Å². The number of ether oxygens (including phenoxy) is 1. The van der Waals surface area contributed by atoms with E-state index in [1.54, 1.807) is 4.68 Å². The van der Waals surface area contributed by atoms with Crippen LogP contribution in [-0.2, 0) is 11.8 Å². The fourth-order valence-electron chi connectivity index (χ4n) is 4.05. The van der Waals surface area contributed by atoms with Crippen molar-refractivity contribution in [1.29, 1.82) is 0 Å². The molecule has 1 amide bonds. The molecule has 2 aromatic heterocycles. The van der Waals surface area contributed by atoms with Crippen LogP contribution in [0.5, 0.6) is 5.75 Å². The molecular weight excluding hydrogens is 366 g/mol. The lowest BCUT2D eigenvalue weighted by molar-refractivity contribution is -0.119. The number of H-pyrrole nitrogens is 1. The Bertz CT molecular complexity index is 1240. The minimum absolute atomic E-state index is 0.0871. The summed E-state index contributed by atoms with van der Waals surface area (Å²) in [6, 6.07) is 10.3. The lowest BCUT2D eigenvalue weighted by Gasteiger charge is -2.20. The maximum atomic E-state index is 11.6. The van der Waals surface area contributed by atoms with Crippen LogP contribution in [0.1, 0.15) is 18.9 Å². The highest BCUT2D eigenvalue weighted by molar-refractivity contribution is 5.97. The summed E-state index contributed by atoms with van der Waals surface area (Å²) in [4.78, 5) is 11.6. The van der Waals surface area contributed by atoms with Gasteiger partial charge >= 0.3 is 0 Å². The quantitative estimate of drug-likeness (QED) is 0.561. The van der Waals surface area contributed by atoms with Crippen LogP contribution in [-0.4, -0.2) is 38.5 Å². The summed E-state index contributed by atoms with van der Waals surface area (Å²) < 4.78 is 8.16. The van der Waals surface area contributed by atoms with Crippen LogP contribution in [0.4, 0.5) is 0 Å². The second-order valence-electron chi connectivity index (χ2n) is 7.92. The number of nitrogens with one attached hydrogen (secondary N) is 2. The predicted octanol–water partition coefficient (Wildman–Crippen LogP) is 3.33. The lowest BCUT2D eigenvalue weighted by atomic mass is 10.0. The molecule has 29 heavy (non-hydrogen) atoms. The van der Waals surface area contributed by atoms with Crippen molar-refractivity contribution in [2.75, 3.05) is 6.54 Å². The Labute approximate surface area is 168 Å². The van der Waals surface area contributed by atoms with E-state index in [9.17, 15) is 4.79 Å². The van der Waals surface area contributed by atoms with E-state index in [0.29, 0.717) is 13.0 Å². The Balaban J connectivity index is 1.60. The van der Waals surface area contributed by atoms with Crippen LogP contribution < -0.4 is 10.1 Å². The van der Waals surface area contributed by atoms with Gasteiger partial charge in [0.2, 0.25) is 5.91 Å². The van der Waals surface area contributed by atoms with Crippen molar-refractivity contribution in [3.63, 3.8) is 0 Å². The summed E-state index contributed by atoms with van der Waals surface area (Å²) in [5, 5.41) is 17.2. The molecule has 4 aromatic rings. The largest absolute Gasteiger partial charge is 0.490 e. The van der Waals surface area contributed by atoms with Crippen molar-refractivity contribution < 1.29 is 9.53 Å². The first kappa shape index (κ1) is 17.7. The summed E-state index contributed by atoms with van der Waals surface area (Å²) in [7, 11) is 1.90. The molecule has 0 bridgehead atoms. The van der Waals surface area contributed by atoms with E-state index in [-0.39, 0.29) is 17.9 Å². The maximum Gasteiger partial charge on any atom is 0.220 e. The van der Waals surface area contributed by atoms with Gasteiger partial charge in [0.15, 0.2) is 0 Å². The van der Waals surface area contributed by atoms with Crippen LogP contribution in [0, 0.1) is 12.8 Å². The molecule has 1 saturated heterocycles. The number of aromatic amines is 1. The van der Waals surface area contributed by atoms with Gasteiger partial charge in [-0.2, -0.15) is 10.2 Å². The highest BCUT2D eigenvalue weighted by Gasteiger charge is 2.28. The van der Waals surface area contributed by atoms with E-state index < -0.39 is 0 Å². The zero-order valence-electron chi connectivity index (χ0n) is 16.7. The molecule has 0 spiro atoms. The van der Waals surface area contributed by atoms with E-state index in [0.717, 1.165) is 38.8 Å². The molecule has 7 nitrogen and oxygen atoms in total. The van der Waals surface area contributed by atoms with Gasteiger partial charge in [-0.1, -0.05) is 11.6 Å². The Hall–Kier alpha value is -3.35. The van der Waals surface area contributed by atoms with Gasteiger partial charge in [0, 0.05) is 43.1 Å². The van der Waals surface area contributed by atoms with Gasteiger partial charge in [-0.05, 0) is 38.1 Å². The number of hydrogen-bond acceptors (Lipinski definition) is 4. The number of benzene rings is 2. The zero-order chi connectivity index (χ0) is 20.1. The number of rotatable bonds is 4. The highest BCUT2D eigenvalue weighted by Crippen LogP contribution is 2.35. The Morgan fingerprint density at radius 1 is 1.24 bits per heavy atom. The van der Waals surface area contributed by atoms with Gasteiger partial charge in [0.05, 0.1) is 16.4 Å². The minimum atomic E-state index is -0.0919. The smallest absolute Gasteiger partial charge is 0.220 e. The molecule has 1 fully saturated rings. The van der Waals surface area contributed by atoms with Crippen LogP contribution in [0.3, 0.4) is 0 Å². The standard InChI is InChI=1S/C22H23N5O2/c1-12-4-5-18-16(6-12)22(25-24-18)14-7-19-17(11-27(3)26-19)20(8-14)29-13(2)15-9-21(28)23-10-15/h4-8,11,13,15H,9-10H2,1-3H3,(H,23,28)(H,24,25). The number of aryl methyl sites for hydroxylation is 2. The molecule has 0 saturated carbocycles. The number of carbonyl (C=O) groups excluding carboxylic acids is 1. The number of hydrogen-bond donors (Lipinski definition) is 2. The molecule has 148 valence electrons. The molecule has 0 radical (unpaired) electrons. The lowest BCUT2D eigenvalue weighted by Crippen LogP contribution is -2.25. The molecule has 2 atom stereocenters. The first-order chi connectivity index (χ1) is 14.0. The van der Waals surface area contributed by atoms with Gasteiger partial charge in [-0.25, -0.2) is 0 Å². The minimum Gasteiger partial charge on any atom is -0.490 e. The van der Waals surface area contributed by atoms with E-state index in [1.807, 2.05) is 38.4 Å². The van der Waals surface area contributed by atoms with Crippen molar-refractivity contribution in [1.82, 2.24) is 25.3 Å². The van der Waals surface area contributed by atoms with Crippen LogP contribution in [0.25, 0.3) is 33.1 Å². The van der Waals surface area contributed by atoms with E-state index in [1.165, 1.54) is 5.56 Å². The van der Waals surface area contributed by atoms with E-state index in [2.05, 4.69) is 39.7 Å². The molecular formula is C22H23N5O2. The van der Waals surface area contributed by atoms with Gasteiger partial charge < -0.3 is 10.1 Å².